The lowest BCUT2D eigenvalue weighted by Crippen LogP contribution is -2.24. The van der Waals surface area contributed by atoms with Crippen molar-refractivity contribution in [3.63, 3.8) is 0 Å². The Bertz CT molecular complexity index is 463. The van der Waals surface area contributed by atoms with E-state index >= 15 is 0 Å². The van der Waals surface area contributed by atoms with Crippen LogP contribution < -0.4 is 0 Å². The third-order valence-electron chi connectivity index (χ3n) is 2.41. The Labute approximate surface area is 93.8 Å². The van der Waals surface area contributed by atoms with E-state index in [-0.39, 0.29) is 0 Å². The van der Waals surface area contributed by atoms with Crippen molar-refractivity contribution in [3.05, 3.63) is 60.2 Å². The number of nitrogens with zero attached hydrogens (tertiary/aromatic N) is 2. The van der Waals surface area contributed by atoms with Gasteiger partial charge in [0.25, 0.3) is 0 Å². The molecule has 2 rings (SSSR count). The molecule has 3 heteroatoms. The van der Waals surface area contributed by atoms with Crippen LogP contribution in [-0.2, 0) is 5.60 Å². The van der Waals surface area contributed by atoms with Crippen LogP contribution in [0.15, 0.2) is 49.1 Å². The number of aliphatic hydroxyl groups is 1. The highest BCUT2D eigenvalue weighted by Gasteiger charge is 2.28. The minimum Gasteiger partial charge on any atom is -0.369 e. The van der Waals surface area contributed by atoms with Crippen molar-refractivity contribution in [2.24, 2.45) is 0 Å². The van der Waals surface area contributed by atoms with Crippen molar-refractivity contribution >= 4 is 0 Å². The Hall–Kier alpha value is -2.18. The second-order valence-corrected chi connectivity index (χ2v) is 3.33. The standard InChI is InChI=1S/C13H10N2O/c1-2-13(16,11-3-7-14-8-4-11)12-5-9-15-10-6-12/h1,3-10,16H. The first-order chi connectivity index (χ1) is 7.77. The molecule has 0 aliphatic heterocycles. The molecule has 0 aliphatic carbocycles. The van der Waals surface area contributed by atoms with Crippen molar-refractivity contribution in [1.29, 1.82) is 0 Å². The van der Waals surface area contributed by atoms with Gasteiger partial charge in [0.1, 0.15) is 0 Å². The van der Waals surface area contributed by atoms with E-state index in [1.54, 1.807) is 49.1 Å². The SMILES string of the molecule is C#CC(O)(c1ccncc1)c1ccncc1. The maximum atomic E-state index is 10.5. The number of aromatic nitrogens is 2. The molecule has 0 saturated heterocycles. The highest BCUT2D eigenvalue weighted by atomic mass is 16.3. The summed E-state index contributed by atoms with van der Waals surface area (Å²) in [5, 5.41) is 10.5. The molecule has 1 N–H and O–H groups in total. The van der Waals surface area contributed by atoms with Crippen molar-refractivity contribution in [2.75, 3.05) is 0 Å². The molecule has 2 aromatic rings. The summed E-state index contributed by atoms with van der Waals surface area (Å²) in [7, 11) is 0. The van der Waals surface area contributed by atoms with Gasteiger partial charge in [-0.25, -0.2) is 0 Å². The smallest absolute Gasteiger partial charge is 0.176 e. The number of terminal acetylenes is 1. The van der Waals surface area contributed by atoms with Gasteiger partial charge in [0.2, 0.25) is 0 Å². The van der Waals surface area contributed by atoms with Gasteiger partial charge >= 0.3 is 0 Å². The third kappa shape index (κ3) is 1.67. The van der Waals surface area contributed by atoms with Gasteiger partial charge in [-0.3, -0.25) is 9.97 Å². The third-order valence-corrected chi connectivity index (χ3v) is 2.41. The van der Waals surface area contributed by atoms with Crippen LogP contribution in [-0.4, -0.2) is 15.1 Å². The molecule has 0 fully saturated rings. The van der Waals surface area contributed by atoms with Crippen LogP contribution in [0.5, 0.6) is 0 Å². The van der Waals surface area contributed by atoms with E-state index < -0.39 is 5.60 Å². The number of pyridine rings is 2. The van der Waals surface area contributed by atoms with Gasteiger partial charge in [0, 0.05) is 35.9 Å². The summed E-state index contributed by atoms with van der Waals surface area (Å²) in [4.78, 5) is 7.79. The van der Waals surface area contributed by atoms with Crippen molar-refractivity contribution in [3.8, 4) is 12.3 Å². The Morgan fingerprint density at radius 3 is 1.62 bits per heavy atom. The summed E-state index contributed by atoms with van der Waals surface area (Å²) in [5.74, 6) is 2.41. The topological polar surface area (TPSA) is 46.0 Å². The molecule has 0 radical (unpaired) electrons. The molecule has 0 aromatic carbocycles. The summed E-state index contributed by atoms with van der Waals surface area (Å²) in [6.07, 6.45) is 11.8. The predicted octanol–water partition coefficient (Wildman–Crippen LogP) is 1.35. The maximum Gasteiger partial charge on any atom is 0.176 e. The normalized spacial score (nSPS) is 10.8. The largest absolute Gasteiger partial charge is 0.369 e. The minimum absolute atomic E-state index is 0.621. The van der Waals surface area contributed by atoms with Crippen molar-refractivity contribution < 1.29 is 5.11 Å². The van der Waals surface area contributed by atoms with E-state index in [1.165, 1.54) is 0 Å². The average Bonchev–Trinajstić information content (AvgIpc) is 2.40. The van der Waals surface area contributed by atoms with Crippen LogP contribution in [0.4, 0.5) is 0 Å². The molecule has 16 heavy (non-hydrogen) atoms. The van der Waals surface area contributed by atoms with Crippen LogP contribution >= 0.6 is 0 Å². The zero-order valence-corrected chi connectivity index (χ0v) is 8.54. The van der Waals surface area contributed by atoms with Gasteiger partial charge in [-0.15, -0.1) is 6.42 Å². The molecule has 0 unspecified atom stereocenters. The van der Waals surface area contributed by atoms with Gasteiger partial charge < -0.3 is 5.11 Å². The summed E-state index contributed by atoms with van der Waals surface area (Å²) in [6.45, 7) is 0. The fourth-order valence-electron chi connectivity index (χ4n) is 1.52. The van der Waals surface area contributed by atoms with Crippen LogP contribution in [0.25, 0.3) is 0 Å². The van der Waals surface area contributed by atoms with Gasteiger partial charge in [0.05, 0.1) is 0 Å². The molecule has 0 spiro atoms. The highest BCUT2D eigenvalue weighted by molar-refractivity contribution is 5.41. The van der Waals surface area contributed by atoms with E-state index in [4.69, 9.17) is 6.42 Å². The fraction of sp³-hybridized carbons (Fsp3) is 0.0769. The second kappa shape index (κ2) is 4.13. The predicted molar refractivity (Wildman–Crippen MR) is 60.3 cm³/mol. The van der Waals surface area contributed by atoms with E-state index in [0.717, 1.165) is 0 Å². The zero-order valence-electron chi connectivity index (χ0n) is 8.54. The summed E-state index contributed by atoms with van der Waals surface area (Å²) in [5.41, 5.74) is -0.182. The molecular formula is C13H10N2O. The monoisotopic (exact) mass is 210 g/mol. The molecule has 0 bridgehead atoms. The Kier molecular flexibility index (Phi) is 2.67. The summed E-state index contributed by atoms with van der Waals surface area (Å²) in [6, 6.07) is 6.78. The Morgan fingerprint density at radius 1 is 0.938 bits per heavy atom. The Morgan fingerprint density at radius 2 is 1.31 bits per heavy atom. The summed E-state index contributed by atoms with van der Waals surface area (Å²) >= 11 is 0. The van der Waals surface area contributed by atoms with Gasteiger partial charge in [-0.1, -0.05) is 5.92 Å². The minimum atomic E-state index is -1.42. The first kappa shape index (κ1) is 10.3. The van der Waals surface area contributed by atoms with Gasteiger partial charge in [-0.2, -0.15) is 0 Å². The zero-order chi connectivity index (χ0) is 11.4. The molecule has 0 amide bonds. The number of rotatable bonds is 2. The number of hydrogen-bond donors (Lipinski definition) is 1. The lowest BCUT2D eigenvalue weighted by atomic mass is 9.88. The van der Waals surface area contributed by atoms with Crippen LogP contribution in [0.3, 0.4) is 0 Å². The van der Waals surface area contributed by atoms with Crippen LogP contribution in [0.2, 0.25) is 0 Å². The first-order valence-electron chi connectivity index (χ1n) is 4.78. The van der Waals surface area contributed by atoms with Crippen molar-refractivity contribution in [1.82, 2.24) is 9.97 Å². The molecule has 2 aromatic heterocycles. The molecule has 0 aliphatic rings. The lowest BCUT2D eigenvalue weighted by Gasteiger charge is -2.22. The average molecular weight is 210 g/mol. The maximum absolute atomic E-state index is 10.5. The molecular weight excluding hydrogens is 200 g/mol. The lowest BCUT2D eigenvalue weighted by molar-refractivity contribution is 0.145. The van der Waals surface area contributed by atoms with Crippen LogP contribution in [0.1, 0.15) is 11.1 Å². The Balaban J connectivity index is 2.55. The van der Waals surface area contributed by atoms with Gasteiger partial charge in [-0.05, 0) is 24.3 Å². The van der Waals surface area contributed by atoms with E-state index in [0.29, 0.717) is 11.1 Å². The first-order valence-corrected chi connectivity index (χ1v) is 4.78. The highest BCUT2D eigenvalue weighted by Crippen LogP contribution is 2.27. The second-order valence-electron chi connectivity index (χ2n) is 3.33. The van der Waals surface area contributed by atoms with Crippen molar-refractivity contribution in [2.45, 2.75) is 5.60 Å². The quantitative estimate of drug-likeness (QED) is 0.761. The molecule has 78 valence electrons. The van der Waals surface area contributed by atoms with Crippen LogP contribution in [0, 0.1) is 12.3 Å². The van der Waals surface area contributed by atoms with Gasteiger partial charge in [0.15, 0.2) is 5.60 Å². The molecule has 0 saturated carbocycles. The van der Waals surface area contributed by atoms with E-state index in [9.17, 15) is 5.11 Å². The van der Waals surface area contributed by atoms with E-state index in [2.05, 4.69) is 15.9 Å². The molecule has 2 heterocycles. The molecule has 0 atom stereocenters. The molecule has 3 nitrogen and oxygen atoms in total. The summed E-state index contributed by atoms with van der Waals surface area (Å²) < 4.78 is 0. The van der Waals surface area contributed by atoms with E-state index in [1.807, 2.05) is 0 Å². The number of hydrogen-bond acceptors (Lipinski definition) is 3. The fourth-order valence-corrected chi connectivity index (χ4v) is 1.52.